The Morgan fingerprint density at radius 3 is 2.70 bits per heavy atom. The predicted molar refractivity (Wildman–Crippen MR) is 108 cm³/mol. The average molecular weight is 425 g/mol. The molecule has 2 aromatic rings. The van der Waals surface area contributed by atoms with Crippen LogP contribution in [0.3, 0.4) is 0 Å². The average Bonchev–Trinajstić information content (AvgIpc) is 2.53. The highest BCUT2D eigenvalue weighted by atomic mass is 127. The lowest BCUT2D eigenvalue weighted by atomic mass is 10.1. The monoisotopic (exact) mass is 425 g/mol. The third kappa shape index (κ3) is 6.48. The summed E-state index contributed by atoms with van der Waals surface area (Å²) >= 11 is 0. The molecule has 0 spiro atoms. The number of benzene rings is 2. The van der Waals surface area contributed by atoms with E-state index in [-0.39, 0.29) is 24.0 Å². The molecule has 0 aromatic heterocycles. The minimum Gasteiger partial charge on any atom is -0.491 e. The summed E-state index contributed by atoms with van der Waals surface area (Å²) in [6.07, 6.45) is 0.997. The van der Waals surface area contributed by atoms with Gasteiger partial charge in [0, 0.05) is 5.69 Å². The van der Waals surface area contributed by atoms with Gasteiger partial charge in [0.05, 0.1) is 6.54 Å². The smallest absolute Gasteiger partial charge is 0.193 e. The van der Waals surface area contributed by atoms with Gasteiger partial charge in [0.1, 0.15) is 12.4 Å². The number of nitrogens with two attached hydrogens (primary N) is 1. The number of guanidine groups is 1. The number of halogens is 1. The van der Waals surface area contributed by atoms with Crippen LogP contribution >= 0.6 is 24.0 Å². The van der Waals surface area contributed by atoms with Crippen molar-refractivity contribution < 1.29 is 4.74 Å². The van der Waals surface area contributed by atoms with Gasteiger partial charge in [-0.1, -0.05) is 37.3 Å². The van der Waals surface area contributed by atoms with Crippen molar-refractivity contribution in [2.75, 3.05) is 18.5 Å². The number of hydrogen-bond acceptors (Lipinski definition) is 2. The molecule has 0 atom stereocenters. The number of rotatable bonds is 6. The maximum absolute atomic E-state index is 5.89. The molecule has 3 N–H and O–H groups in total. The van der Waals surface area contributed by atoms with Crippen LogP contribution in [0.5, 0.6) is 5.75 Å². The van der Waals surface area contributed by atoms with Gasteiger partial charge in [0.15, 0.2) is 5.96 Å². The summed E-state index contributed by atoms with van der Waals surface area (Å²) in [4.78, 5) is 4.28. The topological polar surface area (TPSA) is 59.6 Å². The highest BCUT2D eigenvalue weighted by Gasteiger charge is 1.98. The van der Waals surface area contributed by atoms with E-state index in [1.54, 1.807) is 0 Å². The zero-order chi connectivity index (χ0) is 15.8. The van der Waals surface area contributed by atoms with Crippen molar-refractivity contribution in [3.05, 3.63) is 59.7 Å². The van der Waals surface area contributed by atoms with E-state index in [1.807, 2.05) is 43.3 Å². The fourth-order valence-corrected chi connectivity index (χ4v) is 2.10. The lowest BCUT2D eigenvalue weighted by molar-refractivity contribution is 0.326. The van der Waals surface area contributed by atoms with Gasteiger partial charge in [-0.3, -0.25) is 0 Å². The minimum absolute atomic E-state index is 0. The van der Waals surface area contributed by atoms with Crippen LogP contribution in [-0.2, 0) is 6.42 Å². The number of ether oxygens (including phenoxy) is 1. The standard InChI is InChI=1S/C18H23N3O.HI/c1-3-15-8-6-9-16(13-15)21-18(19)20-11-12-22-17-10-5-4-7-14(17)2;/h4-10,13H,3,11-12H2,1-2H3,(H3,19,20,21);1H. The second kappa shape index (κ2) is 10.1. The van der Waals surface area contributed by atoms with Gasteiger partial charge in [-0.15, -0.1) is 24.0 Å². The van der Waals surface area contributed by atoms with Crippen molar-refractivity contribution in [3.8, 4) is 5.75 Å². The lowest BCUT2D eigenvalue weighted by Crippen LogP contribution is -2.23. The molecule has 2 aromatic carbocycles. The summed E-state index contributed by atoms with van der Waals surface area (Å²) in [6, 6.07) is 16.1. The Bertz CT molecular complexity index is 644. The number of aliphatic imine (C=N–C) groups is 1. The van der Waals surface area contributed by atoms with Crippen LogP contribution < -0.4 is 15.8 Å². The summed E-state index contributed by atoms with van der Waals surface area (Å²) < 4.78 is 5.68. The zero-order valence-corrected chi connectivity index (χ0v) is 15.9. The Kier molecular flexibility index (Phi) is 8.47. The molecular weight excluding hydrogens is 401 g/mol. The van der Waals surface area contributed by atoms with Crippen LogP contribution in [0.15, 0.2) is 53.5 Å². The first-order chi connectivity index (χ1) is 10.7. The first-order valence-electron chi connectivity index (χ1n) is 7.53. The van der Waals surface area contributed by atoms with Crippen molar-refractivity contribution in [2.45, 2.75) is 20.3 Å². The van der Waals surface area contributed by atoms with E-state index in [9.17, 15) is 0 Å². The van der Waals surface area contributed by atoms with E-state index < -0.39 is 0 Å². The van der Waals surface area contributed by atoms with Crippen molar-refractivity contribution in [3.63, 3.8) is 0 Å². The van der Waals surface area contributed by atoms with E-state index in [4.69, 9.17) is 10.5 Å². The summed E-state index contributed by atoms with van der Waals surface area (Å²) in [5.41, 5.74) is 9.23. The van der Waals surface area contributed by atoms with Crippen molar-refractivity contribution >= 4 is 35.6 Å². The lowest BCUT2D eigenvalue weighted by Gasteiger charge is -2.09. The van der Waals surface area contributed by atoms with Gasteiger partial charge in [-0.2, -0.15) is 0 Å². The molecule has 2 rings (SSSR count). The second-order valence-corrected chi connectivity index (χ2v) is 5.06. The third-order valence-corrected chi connectivity index (χ3v) is 3.33. The van der Waals surface area contributed by atoms with E-state index in [0.29, 0.717) is 19.1 Å². The molecule has 0 aliphatic carbocycles. The molecular formula is C18H24IN3O. The minimum atomic E-state index is 0. The molecule has 0 unspecified atom stereocenters. The van der Waals surface area contributed by atoms with Crippen LogP contribution in [0.4, 0.5) is 5.69 Å². The molecule has 5 heteroatoms. The zero-order valence-electron chi connectivity index (χ0n) is 13.6. The first-order valence-corrected chi connectivity index (χ1v) is 7.53. The normalized spacial score (nSPS) is 10.8. The second-order valence-electron chi connectivity index (χ2n) is 5.06. The summed E-state index contributed by atoms with van der Waals surface area (Å²) in [7, 11) is 0. The fraction of sp³-hybridized carbons (Fsp3) is 0.278. The first kappa shape index (κ1) is 19.3. The summed E-state index contributed by atoms with van der Waals surface area (Å²) in [5.74, 6) is 1.29. The van der Waals surface area contributed by atoms with Gasteiger partial charge in [-0.25, -0.2) is 4.99 Å². The molecule has 0 amide bonds. The largest absolute Gasteiger partial charge is 0.491 e. The Balaban J connectivity index is 0.00000264. The van der Waals surface area contributed by atoms with Crippen molar-refractivity contribution in [1.82, 2.24) is 0 Å². The molecule has 23 heavy (non-hydrogen) atoms. The number of nitrogens with zero attached hydrogens (tertiary/aromatic N) is 1. The van der Waals surface area contributed by atoms with E-state index in [1.165, 1.54) is 5.56 Å². The Morgan fingerprint density at radius 1 is 1.17 bits per heavy atom. The van der Waals surface area contributed by atoms with E-state index >= 15 is 0 Å². The highest BCUT2D eigenvalue weighted by molar-refractivity contribution is 14.0. The number of aryl methyl sites for hydroxylation is 2. The molecule has 124 valence electrons. The molecule has 0 heterocycles. The van der Waals surface area contributed by atoms with Crippen LogP contribution in [-0.4, -0.2) is 19.1 Å². The number of anilines is 1. The van der Waals surface area contributed by atoms with Gasteiger partial charge in [0.25, 0.3) is 0 Å². The molecule has 0 fully saturated rings. The highest BCUT2D eigenvalue weighted by Crippen LogP contribution is 2.15. The molecule has 4 nitrogen and oxygen atoms in total. The Hall–Kier alpha value is -1.76. The van der Waals surface area contributed by atoms with Crippen LogP contribution in [0.1, 0.15) is 18.1 Å². The molecule has 0 radical (unpaired) electrons. The quantitative estimate of drug-likeness (QED) is 0.319. The van der Waals surface area contributed by atoms with Gasteiger partial charge >= 0.3 is 0 Å². The SMILES string of the molecule is CCc1cccc(NC(N)=NCCOc2ccccc2C)c1.I. The number of hydrogen-bond donors (Lipinski definition) is 2. The summed E-state index contributed by atoms with van der Waals surface area (Å²) in [5, 5.41) is 3.10. The van der Waals surface area contributed by atoms with E-state index in [0.717, 1.165) is 23.4 Å². The van der Waals surface area contributed by atoms with Gasteiger partial charge in [-0.05, 0) is 42.7 Å². The van der Waals surface area contributed by atoms with Crippen LogP contribution in [0.25, 0.3) is 0 Å². The van der Waals surface area contributed by atoms with Crippen LogP contribution in [0, 0.1) is 6.92 Å². The van der Waals surface area contributed by atoms with Crippen LogP contribution in [0.2, 0.25) is 0 Å². The Labute approximate surface area is 155 Å². The predicted octanol–water partition coefficient (Wildman–Crippen LogP) is 3.98. The maximum Gasteiger partial charge on any atom is 0.193 e. The molecule has 0 aliphatic heterocycles. The van der Waals surface area contributed by atoms with Gasteiger partial charge < -0.3 is 15.8 Å². The molecule has 0 saturated heterocycles. The molecule has 0 saturated carbocycles. The molecule has 0 bridgehead atoms. The molecule has 0 aliphatic rings. The maximum atomic E-state index is 5.89. The van der Waals surface area contributed by atoms with E-state index in [2.05, 4.69) is 29.4 Å². The van der Waals surface area contributed by atoms with Crippen molar-refractivity contribution in [2.24, 2.45) is 10.7 Å². The number of nitrogens with one attached hydrogen (secondary N) is 1. The van der Waals surface area contributed by atoms with Gasteiger partial charge in [0.2, 0.25) is 0 Å². The summed E-state index contributed by atoms with van der Waals surface area (Å²) in [6.45, 7) is 5.16. The number of para-hydroxylation sites is 1. The van der Waals surface area contributed by atoms with Crippen molar-refractivity contribution in [1.29, 1.82) is 0 Å². The third-order valence-electron chi connectivity index (χ3n) is 3.33. The Morgan fingerprint density at radius 2 is 1.96 bits per heavy atom. The fourth-order valence-electron chi connectivity index (χ4n) is 2.10.